The van der Waals surface area contributed by atoms with Crippen LogP contribution >= 0.6 is 0 Å². The van der Waals surface area contributed by atoms with E-state index in [4.69, 9.17) is 61.3 Å². The maximum absolute atomic E-state index is 11.2. The maximum atomic E-state index is 11.2. The third-order valence-corrected chi connectivity index (χ3v) is 15.0. The molecule has 69 heavy (non-hydrogen) atoms. The maximum Gasteiger partial charge on any atom is 0.299 e. The van der Waals surface area contributed by atoms with Crippen molar-refractivity contribution in [1.29, 1.82) is 0 Å². The Kier molecular flexibility index (Phi) is 32.4. The fourth-order valence-electron chi connectivity index (χ4n) is 6.73. The molecule has 3 rings (SSSR count). The lowest BCUT2D eigenvalue weighted by molar-refractivity contribution is -0.393. The highest BCUT2D eigenvalue weighted by Crippen LogP contribution is 2.36. The highest BCUT2D eigenvalue weighted by Gasteiger charge is 2.50. The molecule has 0 bridgehead atoms. The predicted octanol–water partition coefficient (Wildman–Crippen LogP) is 4.69. The molecule has 3 aromatic rings. The third kappa shape index (κ3) is 25.6. The van der Waals surface area contributed by atoms with Gasteiger partial charge in [0.2, 0.25) is 0 Å². The molecular formula is C48H75N3O17Si. The van der Waals surface area contributed by atoms with Gasteiger partial charge in [-0.3, -0.25) is 20.2 Å². The molecule has 0 aromatic heterocycles. The van der Waals surface area contributed by atoms with E-state index in [0.717, 1.165) is 6.07 Å². The molecular weight excluding hydrogens is 919 g/mol. The van der Waals surface area contributed by atoms with Gasteiger partial charge < -0.3 is 66.6 Å². The fourth-order valence-corrected chi connectivity index (χ4v) is 11.3. The normalized spacial score (nSPS) is 11.9. The van der Waals surface area contributed by atoms with Gasteiger partial charge in [-0.2, -0.15) is 0 Å². The molecule has 0 saturated heterocycles. The summed E-state index contributed by atoms with van der Waals surface area (Å²) in [6.45, 7) is 18.3. The summed E-state index contributed by atoms with van der Waals surface area (Å²) in [5.74, 6) is 0. The minimum absolute atomic E-state index is 0.0708. The van der Waals surface area contributed by atoms with E-state index in [9.17, 15) is 20.2 Å². The molecule has 3 aromatic carbocycles. The Hall–Kier alpha value is -4.04. The largest absolute Gasteiger partial charge is 0.405 e. The average molecular weight is 994 g/mol. The highest BCUT2D eigenvalue weighted by molar-refractivity contribution is 6.99. The Morgan fingerprint density at radius 3 is 1.01 bits per heavy atom. The minimum Gasteiger partial charge on any atom is -0.405 e. The van der Waals surface area contributed by atoms with Crippen molar-refractivity contribution in [2.24, 2.45) is 0 Å². The molecule has 20 nitrogen and oxygen atoms in total. The molecule has 0 heterocycles. The number of benzene rings is 3. The van der Waals surface area contributed by atoms with Crippen molar-refractivity contribution in [2.75, 3.05) is 177 Å². The van der Waals surface area contributed by atoms with Crippen LogP contribution in [0.4, 0.5) is 17.1 Å². The zero-order chi connectivity index (χ0) is 49.5. The van der Waals surface area contributed by atoms with Crippen LogP contribution in [0.15, 0.2) is 78.9 Å². The van der Waals surface area contributed by atoms with Gasteiger partial charge in [-0.05, 0) is 21.5 Å². The van der Waals surface area contributed by atoms with Crippen molar-refractivity contribution in [3.05, 3.63) is 99.1 Å². The summed E-state index contributed by atoms with van der Waals surface area (Å²) in [6, 6.07) is 24.6. The second-order valence-corrected chi connectivity index (χ2v) is 20.3. The number of rotatable bonds is 45. The first-order chi connectivity index (χ1) is 33.7. The van der Waals surface area contributed by atoms with Gasteiger partial charge in [-0.25, -0.2) is 0 Å². The molecule has 21 heteroatoms. The molecule has 0 radical (unpaired) electrons. The zero-order valence-corrected chi connectivity index (χ0v) is 41.7. The van der Waals surface area contributed by atoms with Crippen molar-refractivity contribution in [1.82, 2.24) is 0 Å². The van der Waals surface area contributed by atoms with E-state index < -0.39 is 18.2 Å². The standard InChI is InChI=1S/C48H75N3O17Si/c1-48(2,3)69(44-10-6-4-7-11-44,45-12-8-5-9-13-45)68-41-40-67-39-38-66-37-36-65-35-34-64-33-32-63-31-30-62-29-28-61-27-26-60-25-24-59-23-22-58-21-20-57-19-18-56-17-16-49-46-15-14-43(50(52)53)42-47(46)51(54)55/h4-15,42,49H,16-41H2,1-3H3. The first-order valence-corrected chi connectivity index (χ1v) is 25.4. The van der Waals surface area contributed by atoms with Crippen molar-refractivity contribution >= 4 is 35.8 Å². The summed E-state index contributed by atoms with van der Waals surface area (Å²) in [5.41, 5.74) is -0.534. The van der Waals surface area contributed by atoms with Crippen LogP contribution in [-0.2, 0) is 61.3 Å². The van der Waals surface area contributed by atoms with Crippen LogP contribution in [-0.4, -0.2) is 190 Å². The Morgan fingerprint density at radius 2 is 0.725 bits per heavy atom. The van der Waals surface area contributed by atoms with Crippen molar-refractivity contribution in [3.8, 4) is 0 Å². The van der Waals surface area contributed by atoms with Gasteiger partial charge in [0.25, 0.3) is 19.7 Å². The average Bonchev–Trinajstić information content (AvgIpc) is 3.34. The first kappa shape index (κ1) is 59.3. The molecule has 0 spiro atoms. The number of nitrogens with one attached hydrogen (secondary N) is 1. The lowest BCUT2D eigenvalue weighted by Crippen LogP contribution is -2.66. The summed E-state index contributed by atoms with van der Waals surface area (Å²) in [4.78, 5) is 20.7. The van der Waals surface area contributed by atoms with Gasteiger partial charge in [0.15, 0.2) is 0 Å². The summed E-state index contributed by atoms with van der Waals surface area (Å²) >= 11 is 0. The molecule has 0 aliphatic carbocycles. The second kappa shape index (κ2) is 37.7. The van der Waals surface area contributed by atoms with Crippen LogP contribution in [0, 0.1) is 20.2 Å². The number of nitrogens with zero attached hydrogens (tertiary/aromatic N) is 2. The van der Waals surface area contributed by atoms with Gasteiger partial charge in [-0.15, -0.1) is 0 Å². The molecule has 0 amide bonds. The molecule has 0 unspecified atom stereocenters. The molecule has 0 aliphatic heterocycles. The smallest absolute Gasteiger partial charge is 0.299 e. The van der Waals surface area contributed by atoms with Gasteiger partial charge in [0, 0.05) is 12.6 Å². The summed E-state index contributed by atoms with van der Waals surface area (Å²) in [5, 5.41) is 27.3. The van der Waals surface area contributed by atoms with Crippen molar-refractivity contribution in [2.45, 2.75) is 25.8 Å². The van der Waals surface area contributed by atoms with Crippen LogP contribution in [0.2, 0.25) is 5.04 Å². The van der Waals surface area contributed by atoms with Gasteiger partial charge >= 0.3 is 0 Å². The molecule has 0 aliphatic rings. The minimum atomic E-state index is -2.56. The number of non-ortho nitro benzene ring substituents is 1. The molecule has 0 fully saturated rings. The third-order valence-electron chi connectivity index (χ3n) is 10.0. The number of nitro benzene ring substituents is 2. The lowest BCUT2D eigenvalue weighted by Gasteiger charge is -2.43. The van der Waals surface area contributed by atoms with Gasteiger partial charge in [0.05, 0.1) is 181 Å². The van der Waals surface area contributed by atoms with E-state index in [1.165, 1.54) is 22.5 Å². The summed E-state index contributed by atoms with van der Waals surface area (Å²) in [7, 11) is -2.56. The fraction of sp³-hybridized carbons (Fsp3) is 0.625. The van der Waals surface area contributed by atoms with Crippen LogP contribution in [0.1, 0.15) is 20.8 Å². The number of nitro groups is 2. The van der Waals surface area contributed by atoms with Crippen LogP contribution in [0.25, 0.3) is 0 Å². The number of hydrogen-bond donors (Lipinski definition) is 1. The predicted molar refractivity (Wildman–Crippen MR) is 262 cm³/mol. The van der Waals surface area contributed by atoms with E-state index in [0.29, 0.717) is 159 Å². The molecule has 0 atom stereocenters. The molecule has 388 valence electrons. The first-order valence-electron chi connectivity index (χ1n) is 23.5. The quantitative estimate of drug-likeness (QED) is 0.0351. The Labute approximate surface area is 407 Å². The van der Waals surface area contributed by atoms with Crippen LogP contribution in [0.5, 0.6) is 0 Å². The van der Waals surface area contributed by atoms with Crippen LogP contribution < -0.4 is 15.7 Å². The number of anilines is 1. The van der Waals surface area contributed by atoms with E-state index in [2.05, 4.69) is 74.6 Å². The Bertz CT molecular complexity index is 1710. The SMILES string of the molecule is CC(C)(C)[Si](OCCOCCOCCOCCOCCOCCOCCOCCOCCOCCOCCOCCOCCNc1ccc([N+](=O)[O-])cc1[N+](=O)[O-])(c1ccccc1)c1ccccc1. The highest BCUT2D eigenvalue weighted by atomic mass is 28.4. The topological polar surface area (TPSA) is 218 Å². The van der Waals surface area contributed by atoms with Gasteiger partial charge in [-0.1, -0.05) is 81.4 Å². The lowest BCUT2D eigenvalue weighted by atomic mass is 10.2. The summed E-state index contributed by atoms with van der Waals surface area (Å²) < 4.78 is 73.4. The van der Waals surface area contributed by atoms with E-state index in [-0.39, 0.29) is 35.3 Å². The Morgan fingerprint density at radius 1 is 0.420 bits per heavy atom. The van der Waals surface area contributed by atoms with Crippen molar-refractivity contribution in [3.63, 3.8) is 0 Å². The summed E-state index contributed by atoms with van der Waals surface area (Å²) in [6.07, 6.45) is 0. The van der Waals surface area contributed by atoms with E-state index in [1.807, 2.05) is 12.1 Å². The Balaban J connectivity index is 0.966. The van der Waals surface area contributed by atoms with Crippen molar-refractivity contribution < 1.29 is 71.1 Å². The molecule has 1 N–H and O–H groups in total. The number of hydrogen-bond acceptors (Lipinski definition) is 18. The number of ether oxygens (including phenoxy) is 12. The van der Waals surface area contributed by atoms with E-state index in [1.54, 1.807) is 0 Å². The second-order valence-electron chi connectivity index (χ2n) is 16.0. The van der Waals surface area contributed by atoms with Crippen LogP contribution in [0.3, 0.4) is 0 Å². The zero-order valence-electron chi connectivity index (χ0n) is 40.7. The van der Waals surface area contributed by atoms with Gasteiger partial charge in [0.1, 0.15) is 5.69 Å². The van der Waals surface area contributed by atoms with E-state index >= 15 is 0 Å². The molecule has 0 saturated carbocycles. The monoisotopic (exact) mass is 993 g/mol.